The minimum atomic E-state index is -4.08. The molecule has 10 heteroatoms. The van der Waals surface area contributed by atoms with Crippen LogP contribution in [0.15, 0.2) is 70.7 Å². The summed E-state index contributed by atoms with van der Waals surface area (Å²) in [7, 11) is -1.01. The topological polar surface area (TPSA) is 97.3 Å². The van der Waals surface area contributed by atoms with Crippen LogP contribution in [0, 0.1) is 13.8 Å². The van der Waals surface area contributed by atoms with E-state index in [4.69, 9.17) is 21.1 Å². The van der Waals surface area contributed by atoms with E-state index in [1.54, 1.807) is 56.3 Å². The molecule has 0 aliphatic rings. The molecule has 36 heavy (non-hydrogen) atoms. The van der Waals surface area contributed by atoms with Crippen molar-refractivity contribution in [3.63, 3.8) is 0 Å². The van der Waals surface area contributed by atoms with Crippen LogP contribution < -0.4 is 19.2 Å². The molecule has 0 saturated heterocycles. The molecule has 8 nitrogen and oxygen atoms in total. The number of ether oxygens (including phenoxy) is 2. The first kappa shape index (κ1) is 27.0. The number of carbonyl (C=O) groups is 1. The Bertz CT molecular complexity index is 1390. The summed E-state index contributed by atoms with van der Waals surface area (Å²) in [5.41, 5.74) is 5.51. The Kier molecular flexibility index (Phi) is 8.60. The van der Waals surface area contributed by atoms with Crippen LogP contribution in [0.25, 0.3) is 0 Å². The number of halogens is 1. The van der Waals surface area contributed by atoms with E-state index in [0.717, 1.165) is 9.87 Å². The molecule has 0 heterocycles. The van der Waals surface area contributed by atoms with Crippen LogP contribution in [0.5, 0.6) is 11.5 Å². The van der Waals surface area contributed by atoms with Crippen molar-refractivity contribution < 1.29 is 22.7 Å². The number of methoxy groups -OCH3 is 2. The predicted octanol–water partition coefficient (Wildman–Crippen LogP) is 4.71. The molecular formula is C26H28ClN3O5S. The van der Waals surface area contributed by atoms with Gasteiger partial charge in [0.25, 0.3) is 15.9 Å². The number of benzene rings is 3. The fourth-order valence-corrected chi connectivity index (χ4v) is 5.07. The van der Waals surface area contributed by atoms with Crippen molar-refractivity contribution in [1.82, 2.24) is 5.43 Å². The number of carbonyl (C=O) groups excluding carboxylic acids is 1. The van der Waals surface area contributed by atoms with Crippen molar-refractivity contribution in [2.75, 3.05) is 25.1 Å². The molecule has 0 fully saturated rings. The van der Waals surface area contributed by atoms with Gasteiger partial charge in [-0.25, -0.2) is 13.8 Å². The third kappa shape index (κ3) is 6.16. The SMILES string of the molecule is COc1ccc(/C(C)=N\NC(=O)CN(c2cc(Cl)ccc2C)S(=O)(=O)c2ccc(C)cc2)cc1OC. The van der Waals surface area contributed by atoms with Gasteiger partial charge in [-0.3, -0.25) is 9.10 Å². The average molecular weight is 530 g/mol. The van der Waals surface area contributed by atoms with Gasteiger partial charge in [0.05, 0.1) is 30.5 Å². The summed E-state index contributed by atoms with van der Waals surface area (Å²) >= 11 is 6.17. The van der Waals surface area contributed by atoms with E-state index in [1.807, 2.05) is 6.92 Å². The minimum absolute atomic E-state index is 0.0604. The number of hydrogen-bond acceptors (Lipinski definition) is 6. The summed E-state index contributed by atoms with van der Waals surface area (Å²) in [5, 5.41) is 4.50. The van der Waals surface area contributed by atoms with Gasteiger partial charge in [-0.2, -0.15) is 5.10 Å². The molecule has 0 atom stereocenters. The lowest BCUT2D eigenvalue weighted by molar-refractivity contribution is -0.119. The third-order valence-electron chi connectivity index (χ3n) is 5.49. The van der Waals surface area contributed by atoms with Gasteiger partial charge in [0.1, 0.15) is 6.54 Å². The fourth-order valence-electron chi connectivity index (χ4n) is 3.43. The van der Waals surface area contributed by atoms with Gasteiger partial charge in [-0.15, -0.1) is 0 Å². The van der Waals surface area contributed by atoms with E-state index in [1.165, 1.54) is 32.4 Å². The molecule has 0 unspecified atom stereocenters. The molecular weight excluding hydrogens is 502 g/mol. The molecule has 3 rings (SSSR count). The Balaban J connectivity index is 1.91. The quantitative estimate of drug-likeness (QED) is 0.320. The van der Waals surface area contributed by atoms with Gasteiger partial charge in [-0.1, -0.05) is 35.4 Å². The minimum Gasteiger partial charge on any atom is -0.493 e. The van der Waals surface area contributed by atoms with Crippen LogP contribution in [-0.4, -0.2) is 40.8 Å². The zero-order chi connectivity index (χ0) is 26.5. The highest BCUT2D eigenvalue weighted by atomic mass is 35.5. The second kappa shape index (κ2) is 11.5. The molecule has 0 saturated carbocycles. The smallest absolute Gasteiger partial charge is 0.264 e. The lowest BCUT2D eigenvalue weighted by atomic mass is 10.1. The van der Waals surface area contributed by atoms with E-state index < -0.39 is 22.5 Å². The molecule has 1 amide bonds. The summed E-state index contributed by atoms with van der Waals surface area (Å²) in [6.07, 6.45) is 0. The van der Waals surface area contributed by atoms with Crippen molar-refractivity contribution in [1.29, 1.82) is 0 Å². The van der Waals surface area contributed by atoms with Crippen molar-refractivity contribution in [3.8, 4) is 11.5 Å². The van der Waals surface area contributed by atoms with Crippen LogP contribution in [-0.2, 0) is 14.8 Å². The molecule has 0 aliphatic carbocycles. The maximum Gasteiger partial charge on any atom is 0.264 e. The number of rotatable bonds is 9. The highest BCUT2D eigenvalue weighted by Gasteiger charge is 2.28. The fraction of sp³-hybridized carbons (Fsp3) is 0.231. The normalized spacial score (nSPS) is 11.7. The highest BCUT2D eigenvalue weighted by molar-refractivity contribution is 7.92. The van der Waals surface area contributed by atoms with Crippen molar-refractivity contribution in [2.24, 2.45) is 5.10 Å². The number of aryl methyl sites for hydroxylation is 2. The van der Waals surface area contributed by atoms with Crippen molar-refractivity contribution in [2.45, 2.75) is 25.7 Å². The summed E-state index contributed by atoms with van der Waals surface area (Å²) in [6.45, 7) is 4.83. The molecule has 0 aliphatic heterocycles. The first-order chi connectivity index (χ1) is 17.1. The Morgan fingerprint density at radius 1 is 0.972 bits per heavy atom. The number of amides is 1. The summed E-state index contributed by atoms with van der Waals surface area (Å²) < 4.78 is 38.7. The summed E-state index contributed by atoms with van der Waals surface area (Å²) in [4.78, 5) is 13.0. The maximum absolute atomic E-state index is 13.6. The standard InChI is InChI=1S/C26H28ClN3O5S/c1-17-6-11-22(12-7-17)36(32,33)30(23-15-21(27)10-8-18(23)2)16-26(31)29-28-19(3)20-9-13-24(34-4)25(14-20)35-5/h6-15H,16H2,1-5H3,(H,29,31)/b28-19-. The van der Waals surface area contributed by atoms with Crippen LogP contribution in [0.1, 0.15) is 23.6 Å². The Hall–Kier alpha value is -3.56. The molecule has 0 bridgehead atoms. The molecule has 0 radical (unpaired) electrons. The monoisotopic (exact) mass is 529 g/mol. The zero-order valence-electron chi connectivity index (χ0n) is 20.7. The first-order valence-electron chi connectivity index (χ1n) is 11.0. The second-order valence-electron chi connectivity index (χ2n) is 8.06. The number of sulfonamides is 1. The van der Waals surface area contributed by atoms with Gasteiger partial charge >= 0.3 is 0 Å². The van der Waals surface area contributed by atoms with Crippen LogP contribution in [0.4, 0.5) is 5.69 Å². The molecule has 1 N–H and O–H groups in total. The van der Waals surface area contributed by atoms with Crippen LogP contribution in [0.3, 0.4) is 0 Å². The van der Waals surface area contributed by atoms with Gasteiger partial charge < -0.3 is 9.47 Å². The lowest BCUT2D eigenvalue weighted by Gasteiger charge is -2.25. The van der Waals surface area contributed by atoms with E-state index in [-0.39, 0.29) is 4.90 Å². The maximum atomic E-state index is 13.6. The lowest BCUT2D eigenvalue weighted by Crippen LogP contribution is -2.40. The highest BCUT2D eigenvalue weighted by Crippen LogP contribution is 2.30. The number of anilines is 1. The third-order valence-corrected chi connectivity index (χ3v) is 7.49. The molecule has 0 spiro atoms. The van der Waals surface area contributed by atoms with Crippen LogP contribution >= 0.6 is 11.6 Å². The zero-order valence-corrected chi connectivity index (χ0v) is 22.3. The summed E-state index contributed by atoms with van der Waals surface area (Å²) in [6, 6.07) is 16.5. The van der Waals surface area contributed by atoms with Crippen LogP contribution in [0.2, 0.25) is 5.02 Å². The number of hydrogen-bond donors (Lipinski definition) is 1. The molecule has 0 aromatic heterocycles. The first-order valence-corrected chi connectivity index (χ1v) is 12.8. The number of nitrogens with one attached hydrogen (secondary N) is 1. The molecule has 3 aromatic carbocycles. The number of hydrazone groups is 1. The Morgan fingerprint density at radius 3 is 2.28 bits per heavy atom. The van der Waals surface area contributed by atoms with Gasteiger partial charge in [0.2, 0.25) is 0 Å². The van der Waals surface area contributed by atoms with E-state index >= 15 is 0 Å². The molecule has 190 valence electrons. The average Bonchev–Trinajstić information content (AvgIpc) is 2.87. The summed E-state index contributed by atoms with van der Waals surface area (Å²) in [5.74, 6) is 0.458. The number of nitrogens with zero attached hydrogens (tertiary/aromatic N) is 2. The van der Waals surface area contributed by atoms with Gasteiger partial charge in [0.15, 0.2) is 11.5 Å². The van der Waals surface area contributed by atoms with Gasteiger partial charge in [-0.05, 0) is 68.8 Å². The largest absolute Gasteiger partial charge is 0.493 e. The van der Waals surface area contributed by atoms with Crippen molar-refractivity contribution in [3.05, 3.63) is 82.4 Å². The van der Waals surface area contributed by atoms with E-state index in [0.29, 0.717) is 39.0 Å². The predicted molar refractivity (Wildman–Crippen MR) is 142 cm³/mol. The van der Waals surface area contributed by atoms with Gasteiger partial charge in [0, 0.05) is 10.6 Å². The Morgan fingerprint density at radius 2 is 1.64 bits per heavy atom. The van der Waals surface area contributed by atoms with E-state index in [2.05, 4.69) is 10.5 Å². The van der Waals surface area contributed by atoms with Crippen molar-refractivity contribution >= 4 is 38.9 Å². The Labute approximate surface area is 216 Å². The second-order valence-corrected chi connectivity index (χ2v) is 10.4. The van der Waals surface area contributed by atoms with E-state index in [9.17, 15) is 13.2 Å². The molecule has 3 aromatic rings.